The highest BCUT2D eigenvalue weighted by Gasteiger charge is 2.18. The molecule has 0 aliphatic heterocycles. The first-order valence-electron chi connectivity index (χ1n) is 10.8. The summed E-state index contributed by atoms with van der Waals surface area (Å²) in [6, 6.07) is 9.82. The minimum absolute atomic E-state index is 0.198. The summed E-state index contributed by atoms with van der Waals surface area (Å²) in [5.74, 6) is -0.535. The number of nitrogens with zero attached hydrogens (tertiary/aromatic N) is 3. The minimum Gasteiger partial charge on any atom is -0.467 e. The number of ether oxygens (including phenoxy) is 1. The summed E-state index contributed by atoms with van der Waals surface area (Å²) < 4.78 is 21.0. The van der Waals surface area contributed by atoms with E-state index in [0.717, 1.165) is 0 Å². The third kappa shape index (κ3) is 5.16. The molecule has 2 aromatic carbocycles. The Labute approximate surface area is 200 Å². The summed E-state index contributed by atoms with van der Waals surface area (Å²) in [6.07, 6.45) is 4.66. The van der Waals surface area contributed by atoms with Crippen molar-refractivity contribution in [2.75, 3.05) is 24.3 Å². The van der Waals surface area contributed by atoms with Crippen LogP contribution in [0, 0.1) is 5.82 Å². The van der Waals surface area contributed by atoms with Gasteiger partial charge in [-0.3, -0.25) is 10.1 Å². The van der Waals surface area contributed by atoms with Crippen LogP contribution in [0.5, 0.6) is 6.01 Å². The lowest BCUT2D eigenvalue weighted by Gasteiger charge is -2.14. The van der Waals surface area contributed by atoms with Crippen LogP contribution in [0.2, 0.25) is 0 Å². The summed E-state index contributed by atoms with van der Waals surface area (Å²) >= 11 is 0. The topological polar surface area (TPSA) is 118 Å². The van der Waals surface area contributed by atoms with Crippen molar-refractivity contribution in [2.45, 2.75) is 13.8 Å². The summed E-state index contributed by atoms with van der Waals surface area (Å²) in [4.78, 5) is 36.1. The molecule has 9 nitrogen and oxygen atoms in total. The van der Waals surface area contributed by atoms with E-state index in [2.05, 4.69) is 30.9 Å². The molecule has 0 fully saturated rings. The van der Waals surface area contributed by atoms with Crippen molar-refractivity contribution in [3.63, 3.8) is 0 Å². The average Bonchev–Trinajstić information content (AvgIpc) is 2.84. The molecule has 178 valence electrons. The van der Waals surface area contributed by atoms with E-state index in [1.54, 1.807) is 49.6 Å². The predicted octanol–water partition coefficient (Wildman–Crippen LogP) is 4.61. The quantitative estimate of drug-likeness (QED) is 0.376. The normalized spacial score (nSPS) is 10.6. The van der Waals surface area contributed by atoms with Gasteiger partial charge in [0.2, 0.25) is 5.91 Å². The maximum absolute atomic E-state index is 15.9. The van der Waals surface area contributed by atoms with Crippen LogP contribution in [0.3, 0.4) is 0 Å². The molecule has 3 N–H and O–H groups in total. The third-order valence-corrected chi connectivity index (χ3v) is 5.15. The molecule has 2 aromatic heterocycles. The largest absolute Gasteiger partial charge is 0.467 e. The average molecular weight is 474 g/mol. The standard InChI is InChI=1S/C25H23FN6O3/c1-4-27-24(34)32-22-10-20-21(13-28-22)18(16-11-29-25(35-3)30-12-16)9-19(23(20)26)15-6-5-7-17(8-15)31-14(2)33/h5-13H,4H2,1-3H3,(H,31,33)(H2,27,28,32,34). The highest BCUT2D eigenvalue weighted by Crippen LogP contribution is 2.38. The number of halogens is 1. The molecule has 0 unspecified atom stereocenters. The van der Waals surface area contributed by atoms with Crippen LogP contribution in [-0.2, 0) is 4.79 Å². The molecule has 0 spiro atoms. The number of anilines is 2. The second kappa shape index (κ2) is 10.1. The summed E-state index contributed by atoms with van der Waals surface area (Å²) in [6.45, 7) is 3.63. The Morgan fingerprint density at radius 3 is 2.40 bits per heavy atom. The lowest BCUT2D eigenvalue weighted by atomic mass is 9.94. The highest BCUT2D eigenvalue weighted by molar-refractivity contribution is 6.02. The van der Waals surface area contributed by atoms with Gasteiger partial charge in [-0.1, -0.05) is 12.1 Å². The number of amides is 3. The number of pyridine rings is 1. The van der Waals surface area contributed by atoms with E-state index in [1.807, 2.05) is 0 Å². The number of hydrogen-bond donors (Lipinski definition) is 3. The van der Waals surface area contributed by atoms with Gasteiger partial charge < -0.3 is 15.4 Å². The van der Waals surface area contributed by atoms with Crippen LogP contribution < -0.4 is 20.7 Å². The second-order valence-corrected chi connectivity index (χ2v) is 7.61. The van der Waals surface area contributed by atoms with Gasteiger partial charge >= 0.3 is 12.0 Å². The van der Waals surface area contributed by atoms with Crippen LogP contribution >= 0.6 is 0 Å². The molecule has 0 radical (unpaired) electrons. The third-order valence-electron chi connectivity index (χ3n) is 5.15. The molecule has 4 aromatic rings. The van der Waals surface area contributed by atoms with E-state index in [1.165, 1.54) is 26.3 Å². The summed E-state index contributed by atoms with van der Waals surface area (Å²) in [7, 11) is 1.47. The molecule has 0 saturated heterocycles. The Balaban J connectivity index is 1.92. The molecule has 0 aliphatic carbocycles. The number of aromatic nitrogens is 3. The highest BCUT2D eigenvalue weighted by atomic mass is 19.1. The van der Waals surface area contributed by atoms with E-state index >= 15 is 4.39 Å². The van der Waals surface area contributed by atoms with E-state index < -0.39 is 11.8 Å². The zero-order chi connectivity index (χ0) is 24.9. The first-order chi connectivity index (χ1) is 16.9. The minimum atomic E-state index is -0.500. The molecule has 10 heteroatoms. The van der Waals surface area contributed by atoms with Gasteiger partial charge in [0.15, 0.2) is 0 Å². The van der Waals surface area contributed by atoms with Gasteiger partial charge in [-0.25, -0.2) is 24.1 Å². The number of methoxy groups -OCH3 is 1. The number of carbonyl (C=O) groups is 2. The number of rotatable bonds is 6. The van der Waals surface area contributed by atoms with Crippen molar-refractivity contribution in [1.82, 2.24) is 20.3 Å². The van der Waals surface area contributed by atoms with E-state index in [4.69, 9.17) is 4.74 Å². The van der Waals surface area contributed by atoms with Crippen molar-refractivity contribution >= 4 is 34.2 Å². The predicted molar refractivity (Wildman–Crippen MR) is 132 cm³/mol. The molecular formula is C25H23FN6O3. The zero-order valence-electron chi connectivity index (χ0n) is 19.3. The van der Waals surface area contributed by atoms with Crippen LogP contribution in [-0.4, -0.2) is 40.5 Å². The number of urea groups is 1. The number of nitrogens with one attached hydrogen (secondary N) is 3. The van der Waals surface area contributed by atoms with Gasteiger partial charge in [-0.2, -0.15) is 0 Å². The van der Waals surface area contributed by atoms with Gasteiger partial charge in [0.1, 0.15) is 11.6 Å². The molecule has 0 bridgehead atoms. The molecule has 35 heavy (non-hydrogen) atoms. The van der Waals surface area contributed by atoms with Gasteiger partial charge in [-0.15, -0.1) is 0 Å². The lowest BCUT2D eigenvalue weighted by Crippen LogP contribution is -2.28. The number of benzene rings is 2. The first kappa shape index (κ1) is 23.6. The van der Waals surface area contributed by atoms with Crippen molar-refractivity contribution in [3.8, 4) is 28.3 Å². The van der Waals surface area contributed by atoms with Gasteiger partial charge in [0, 0.05) is 59.6 Å². The molecular weight excluding hydrogens is 451 g/mol. The van der Waals surface area contributed by atoms with Gasteiger partial charge in [-0.05, 0) is 42.3 Å². The molecule has 3 amide bonds. The monoisotopic (exact) mass is 474 g/mol. The molecule has 4 rings (SSSR count). The van der Waals surface area contributed by atoms with Crippen LogP contribution in [0.25, 0.3) is 33.0 Å². The Morgan fingerprint density at radius 2 is 1.71 bits per heavy atom. The van der Waals surface area contributed by atoms with Crippen LogP contribution in [0.1, 0.15) is 13.8 Å². The van der Waals surface area contributed by atoms with Crippen molar-refractivity contribution in [1.29, 1.82) is 0 Å². The number of carbonyl (C=O) groups excluding carboxylic acids is 2. The smallest absolute Gasteiger partial charge is 0.320 e. The number of hydrogen-bond acceptors (Lipinski definition) is 6. The van der Waals surface area contributed by atoms with Gasteiger partial charge in [0.25, 0.3) is 0 Å². The van der Waals surface area contributed by atoms with E-state index in [9.17, 15) is 9.59 Å². The SMILES string of the molecule is CCNC(=O)Nc1cc2c(F)c(-c3cccc(NC(C)=O)c3)cc(-c3cnc(OC)nc3)c2cn1. The van der Waals surface area contributed by atoms with Crippen molar-refractivity contribution in [2.24, 2.45) is 0 Å². The lowest BCUT2D eigenvalue weighted by molar-refractivity contribution is -0.114. The maximum atomic E-state index is 15.9. The van der Waals surface area contributed by atoms with Crippen LogP contribution in [0.15, 0.2) is 55.0 Å². The van der Waals surface area contributed by atoms with Gasteiger partial charge in [0.05, 0.1) is 7.11 Å². The Hall–Kier alpha value is -4.60. The summed E-state index contributed by atoms with van der Waals surface area (Å²) in [5.41, 5.74) is 2.66. The van der Waals surface area contributed by atoms with Crippen LogP contribution in [0.4, 0.5) is 20.7 Å². The van der Waals surface area contributed by atoms with Crippen molar-refractivity contribution in [3.05, 3.63) is 60.8 Å². The first-order valence-corrected chi connectivity index (χ1v) is 10.8. The maximum Gasteiger partial charge on any atom is 0.320 e. The summed E-state index contributed by atoms with van der Waals surface area (Å²) in [5, 5.41) is 8.70. The molecule has 0 aliphatic rings. The van der Waals surface area contributed by atoms with E-state index in [0.29, 0.717) is 39.9 Å². The second-order valence-electron chi connectivity index (χ2n) is 7.61. The Bertz CT molecular complexity index is 1410. The number of fused-ring (bicyclic) bond motifs is 1. The zero-order valence-corrected chi connectivity index (χ0v) is 19.3. The Morgan fingerprint density at radius 1 is 0.943 bits per heavy atom. The fraction of sp³-hybridized carbons (Fsp3) is 0.160. The van der Waals surface area contributed by atoms with Crippen molar-refractivity contribution < 1.29 is 18.7 Å². The molecule has 2 heterocycles. The Kier molecular flexibility index (Phi) is 6.81. The fourth-order valence-electron chi connectivity index (χ4n) is 3.65. The molecule has 0 saturated carbocycles. The fourth-order valence-corrected chi connectivity index (χ4v) is 3.65. The van der Waals surface area contributed by atoms with E-state index in [-0.39, 0.29) is 23.1 Å². The molecule has 0 atom stereocenters.